The van der Waals surface area contributed by atoms with Crippen LogP contribution in [0.15, 0.2) is 87.0 Å². The minimum Gasteiger partial charge on any atom is -0.439 e. The molecule has 4 rings (SSSR count). The van der Waals surface area contributed by atoms with E-state index >= 15 is 0 Å². The number of sulfonamides is 1. The van der Waals surface area contributed by atoms with E-state index in [1.807, 2.05) is 13.0 Å². The predicted molar refractivity (Wildman–Crippen MR) is 118 cm³/mol. The van der Waals surface area contributed by atoms with Crippen molar-refractivity contribution >= 4 is 26.7 Å². The molecule has 0 saturated carbocycles. The van der Waals surface area contributed by atoms with E-state index in [1.165, 1.54) is 28.7 Å². The van der Waals surface area contributed by atoms with Gasteiger partial charge in [0.25, 0.3) is 10.0 Å². The smallest absolute Gasteiger partial charge is 0.336 e. The summed E-state index contributed by atoms with van der Waals surface area (Å²) in [5.41, 5.74) is 1.36. The number of benzene rings is 2. The van der Waals surface area contributed by atoms with Crippen LogP contribution in [-0.2, 0) is 10.0 Å². The van der Waals surface area contributed by atoms with E-state index in [9.17, 15) is 13.2 Å². The highest BCUT2D eigenvalue weighted by atomic mass is 32.2. The third-order valence-electron chi connectivity index (χ3n) is 4.77. The molecule has 0 aliphatic carbocycles. The maximum Gasteiger partial charge on any atom is 0.336 e. The van der Waals surface area contributed by atoms with Gasteiger partial charge < -0.3 is 9.15 Å². The maximum absolute atomic E-state index is 13.0. The summed E-state index contributed by atoms with van der Waals surface area (Å²) in [5, 5.41) is 0.807. The van der Waals surface area contributed by atoms with E-state index < -0.39 is 15.6 Å². The molecule has 31 heavy (non-hydrogen) atoms. The van der Waals surface area contributed by atoms with Crippen LogP contribution in [0.3, 0.4) is 0 Å². The summed E-state index contributed by atoms with van der Waals surface area (Å²) < 4.78 is 38.4. The Morgan fingerprint density at radius 3 is 2.48 bits per heavy atom. The van der Waals surface area contributed by atoms with E-state index in [0.717, 1.165) is 10.9 Å². The summed E-state index contributed by atoms with van der Waals surface area (Å²) in [7, 11) is -3.77. The standard InChI is InChI=1S/C23H20N2O5S/c1-3-25(17-7-5-4-6-8-17)31(27,28)19-10-12-22(24-15-19)29-18-9-11-20-16(2)13-23(26)30-21(20)14-18/h4-15H,3H2,1-2H3. The molecular weight excluding hydrogens is 416 g/mol. The Bertz CT molecular complexity index is 1380. The minimum absolute atomic E-state index is 0.0608. The van der Waals surface area contributed by atoms with Crippen molar-refractivity contribution in [2.45, 2.75) is 18.7 Å². The molecule has 158 valence electrons. The lowest BCUT2D eigenvalue weighted by Gasteiger charge is -2.22. The van der Waals surface area contributed by atoms with Crippen LogP contribution in [0.2, 0.25) is 0 Å². The fourth-order valence-corrected chi connectivity index (χ4v) is 4.70. The van der Waals surface area contributed by atoms with E-state index in [4.69, 9.17) is 9.15 Å². The summed E-state index contributed by atoms with van der Waals surface area (Å²) in [6, 6.07) is 18.4. The summed E-state index contributed by atoms with van der Waals surface area (Å²) >= 11 is 0. The first-order valence-electron chi connectivity index (χ1n) is 9.64. The van der Waals surface area contributed by atoms with Gasteiger partial charge in [0.2, 0.25) is 5.88 Å². The molecular formula is C23H20N2O5S. The molecule has 0 atom stereocenters. The van der Waals surface area contributed by atoms with Crippen molar-refractivity contribution in [3.63, 3.8) is 0 Å². The van der Waals surface area contributed by atoms with Crippen LogP contribution in [0.25, 0.3) is 11.0 Å². The van der Waals surface area contributed by atoms with Crippen LogP contribution in [0, 0.1) is 6.92 Å². The van der Waals surface area contributed by atoms with Gasteiger partial charge in [0.05, 0.1) is 11.9 Å². The second-order valence-electron chi connectivity index (χ2n) is 6.85. The van der Waals surface area contributed by atoms with Crippen LogP contribution in [-0.4, -0.2) is 19.9 Å². The molecule has 8 heteroatoms. The number of hydrogen-bond acceptors (Lipinski definition) is 6. The van der Waals surface area contributed by atoms with Crippen molar-refractivity contribution in [1.82, 2.24) is 4.98 Å². The molecule has 7 nitrogen and oxygen atoms in total. The molecule has 2 aromatic carbocycles. The molecule has 0 unspecified atom stereocenters. The van der Waals surface area contributed by atoms with E-state index in [1.54, 1.807) is 49.4 Å². The molecule has 0 N–H and O–H groups in total. The quantitative estimate of drug-likeness (QED) is 0.413. The van der Waals surface area contributed by atoms with Crippen molar-refractivity contribution in [3.05, 3.63) is 88.9 Å². The monoisotopic (exact) mass is 436 g/mol. The fraction of sp³-hybridized carbons (Fsp3) is 0.130. The van der Waals surface area contributed by atoms with Crippen LogP contribution >= 0.6 is 0 Å². The van der Waals surface area contributed by atoms with Crippen molar-refractivity contribution in [2.75, 3.05) is 10.8 Å². The van der Waals surface area contributed by atoms with Crippen molar-refractivity contribution in [1.29, 1.82) is 0 Å². The van der Waals surface area contributed by atoms with E-state index in [-0.39, 0.29) is 17.3 Å². The zero-order valence-electron chi connectivity index (χ0n) is 17.0. The van der Waals surface area contributed by atoms with Gasteiger partial charge in [-0.05, 0) is 49.7 Å². The normalized spacial score (nSPS) is 11.4. The average Bonchev–Trinajstić information content (AvgIpc) is 2.75. The van der Waals surface area contributed by atoms with Gasteiger partial charge in [0.1, 0.15) is 16.2 Å². The molecule has 0 fully saturated rings. The van der Waals surface area contributed by atoms with Crippen molar-refractivity contribution in [3.8, 4) is 11.6 Å². The fourth-order valence-electron chi connectivity index (χ4n) is 3.28. The Morgan fingerprint density at radius 1 is 1.03 bits per heavy atom. The molecule has 0 spiro atoms. The van der Waals surface area contributed by atoms with Crippen molar-refractivity contribution in [2.24, 2.45) is 0 Å². The SMILES string of the molecule is CCN(c1ccccc1)S(=O)(=O)c1ccc(Oc2ccc3c(C)cc(=O)oc3c2)nc1. The number of aromatic nitrogens is 1. The first-order valence-corrected chi connectivity index (χ1v) is 11.1. The number of fused-ring (bicyclic) bond motifs is 1. The second kappa shape index (κ2) is 8.23. The number of rotatable bonds is 6. The summed E-state index contributed by atoms with van der Waals surface area (Å²) in [6.45, 7) is 3.89. The van der Waals surface area contributed by atoms with Crippen LogP contribution in [0.1, 0.15) is 12.5 Å². The molecule has 0 radical (unpaired) electrons. The summed E-state index contributed by atoms with van der Waals surface area (Å²) in [6.07, 6.45) is 1.27. The highest BCUT2D eigenvalue weighted by molar-refractivity contribution is 7.92. The molecule has 2 aromatic heterocycles. The van der Waals surface area contributed by atoms with Crippen LogP contribution in [0.4, 0.5) is 5.69 Å². The molecule has 2 heterocycles. The Hall–Kier alpha value is -3.65. The molecule has 4 aromatic rings. The Balaban J connectivity index is 1.59. The number of para-hydroxylation sites is 1. The molecule has 0 saturated heterocycles. The van der Waals surface area contributed by atoms with Crippen LogP contribution in [0.5, 0.6) is 11.6 Å². The van der Waals surface area contributed by atoms with Crippen molar-refractivity contribution < 1.29 is 17.6 Å². The molecule has 0 aliphatic rings. The van der Waals surface area contributed by atoms with Gasteiger partial charge in [0.15, 0.2) is 0 Å². The lowest BCUT2D eigenvalue weighted by molar-refractivity contribution is 0.460. The van der Waals surface area contributed by atoms with Gasteiger partial charge >= 0.3 is 5.63 Å². The molecule has 0 amide bonds. The topological polar surface area (TPSA) is 89.7 Å². The third-order valence-corrected chi connectivity index (χ3v) is 6.66. The van der Waals surface area contributed by atoms with Gasteiger partial charge in [-0.25, -0.2) is 18.2 Å². The number of ether oxygens (including phenoxy) is 1. The zero-order chi connectivity index (χ0) is 22.0. The summed E-state index contributed by atoms with van der Waals surface area (Å²) in [4.78, 5) is 15.8. The van der Waals surface area contributed by atoms with Gasteiger partial charge in [-0.3, -0.25) is 4.31 Å². The lowest BCUT2D eigenvalue weighted by Crippen LogP contribution is -2.30. The maximum atomic E-state index is 13.0. The average molecular weight is 436 g/mol. The van der Waals surface area contributed by atoms with E-state index in [0.29, 0.717) is 17.0 Å². The minimum atomic E-state index is -3.77. The number of hydrogen-bond donors (Lipinski definition) is 0. The van der Waals surface area contributed by atoms with Gasteiger partial charge in [-0.2, -0.15) is 0 Å². The van der Waals surface area contributed by atoms with Gasteiger partial charge in [0, 0.05) is 30.1 Å². The molecule has 0 aliphatic heterocycles. The van der Waals surface area contributed by atoms with E-state index in [2.05, 4.69) is 4.98 Å². The molecule has 0 bridgehead atoms. The van der Waals surface area contributed by atoms with Gasteiger partial charge in [-0.1, -0.05) is 18.2 Å². The lowest BCUT2D eigenvalue weighted by atomic mass is 10.1. The first kappa shape index (κ1) is 20.6. The largest absolute Gasteiger partial charge is 0.439 e. The predicted octanol–water partition coefficient (Wildman–Crippen LogP) is 4.50. The Kier molecular flexibility index (Phi) is 5.48. The number of aryl methyl sites for hydroxylation is 1. The highest BCUT2D eigenvalue weighted by Gasteiger charge is 2.24. The second-order valence-corrected chi connectivity index (χ2v) is 8.71. The first-order chi connectivity index (χ1) is 14.9. The Labute approximate surface area is 179 Å². The Morgan fingerprint density at radius 2 is 1.81 bits per heavy atom. The number of pyridine rings is 1. The number of anilines is 1. The zero-order valence-corrected chi connectivity index (χ0v) is 17.8. The highest BCUT2D eigenvalue weighted by Crippen LogP contribution is 2.27. The third kappa shape index (κ3) is 4.15. The number of nitrogens with zero attached hydrogens (tertiary/aromatic N) is 2. The van der Waals surface area contributed by atoms with Crippen LogP contribution < -0.4 is 14.7 Å². The summed E-state index contributed by atoms with van der Waals surface area (Å²) in [5.74, 6) is 0.639. The van der Waals surface area contributed by atoms with Gasteiger partial charge in [-0.15, -0.1) is 0 Å².